The summed E-state index contributed by atoms with van der Waals surface area (Å²) in [6, 6.07) is 26.1. The van der Waals surface area contributed by atoms with Crippen molar-refractivity contribution >= 4 is 76.1 Å². The molecule has 0 aromatic heterocycles. The molecule has 0 bridgehead atoms. The van der Waals surface area contributed by atoms with E-state index in [2.05, 4.69) is 16.0 Å². The van der Waals surface area contributed by atoms with Gasteiger partial charge in [-0.2, -0.15) is 0 Å². The molecule has 0 radical (unpaired) electrons. The van der Waals surface area contributed by atoms with Gasteiger partial charge in [0.2, 0.25) is 5.91 Å². The summed E-state index contributed by atoms with van der Waals surface area (Å²) in [5.74, 6) is -2.38. The van der Waals surface area contributed by atoms with Crippen molar-refractivity contribution in [2.24, 2.45) is 0 Å². The third-order valence-corrected chi connectivity index (χ3v) is 7.78. The number of carboxylic acid groups (broad SMARTS) is 1. The van der Waals surface area contributed by atoms with Crippen molar-refractivity contribution in [2.75, 3.05) is 10.6 Å². The van der Waals surface area contributed by atoms with Crippen LogP contribution < -0.4 is 16.0 Å². The van der Waals surface area contributed by atoms with E-state index in [1.807, 2.05) is 0 Å². The SMILES string of the molecule is CC(Sc1ccc(NC(=O)/C(=C/c2c(Cl)cccc2Cl)NC(=O)c2ccccc2)cc1)C(=O)Nc1ccc(C(=O)O)cc1. The highest BCUT2D eigenvalue weighted by atomic mass is 35.5. The maximum Gasteiger partial charge on any atom is 0.335 e. The van der Waals surface area contributed by atoms with Gasteiger partial charge in [0, 0.05) is 37.4 Å². The van der Waals surface area contributed by atoms with Gasteiger partial charge in [-0.05, 0) is 85.8 Å². The van der Waals surface area contributed by atoms with Gasteiger partial charge in [-0.15, -0.1) is 11.8 Å². The maximum absolute atomic E-state index is 13.3. The smallest absolute Gasteiger partial charge is 0.335 e. The summed E-state index contributed by atoms with van der Waals surface area (Å²) in [5.41, 5.74) is 1.74. The second-order valence-electron chi connectivity index (χ2n) is 9.12. The number of hydrogen-bond donors (Lipinski definition) is 4. The molecule has 4 rings (SSSR count). The van der Waals surface area contributed by atoms with Crippen LogP contribution in [0.5, 0.6) is 0 Å². The summed E-state index contributed by atoms with van der Waals surface area (Å²) in [5, 5.41) is 17.3. The zero-order valence-corrected chi connectivity index (χ0v) is 25.0. The number of thioether (sulfide) groups is 1. The van der Waals surface area contributed by atoms with Crippen molar-refractivity contribution < 1.29 is 24.3 Å². The molecule has 4 N–H and O–H groups in total. The van der Waals surface area contributed by atoms with Crippen LogP contribution in [-0.4, -0.2) is 34.0 Å². The largest absolute Gasteiger partial charge is 0.478 e. The Morgan fingerprint density at radius 2 is 1.33 bits per heavy atom. The number of nitrogens with one attached hydrogen (secondary N) is 3. The number of carboxylic acids is 1. The topological polar surface area (TPSA) is 125 Å². The zero-order chi connectivity index (χ0) is 30.9. The highest BCUT2D eigenvalue weighted by molar-refractivity contribution is 8.00. The molecular formula is C32H25Cl2N3O5S. The van der Waals surface area contributed by atoms with Gasteiger partial charge in [0.15, 0.2) is 0 Å². The summed E-state index contributed by atoms with van der Waals surface area (Å²) < 4.78 is 0. The minimum absolute atomic E-state index is 0.0658. The Kier molecular flexibility index (Phi) is 10.6. The van der Waals surface area contributed by atoms with Crippen molar-refractivity contribution in [3.05, 3.63) is 129 Å². The summed E-state index contributed by atoms with van der Waals surface area (Å²) in [4.78, 5) is 50.6. The minimum atomic E-state index is -1.05. The molecular weight excluding hydrogens is 609 g/mol. The lowest BCUT2D eigenvalue weighted by Gasteiger charge is -2.14. The maximum atomic E-state index is 13.3. The number of hydrogen-bond acceptors (Lipinski definition) is 5. The van der Waals surface area contributed by atoms with Crippen LogP contribution in [0.25, 0.3) is 6.08 Å². The standard InChI is InChI=1S/C32H25Cl2N3O5S/c1-19(29(38)35-22-12-10-21(11-13-22)32(41)42)43-24-16-14-23(15-17-24)36-31(40)28(18-25-26(33)8-5-9-27(25)34)37-30(39)20-6-3-2-4-7-20/h2-19H,1H3,(H,35,38)(H,36,40)(H,37,39)(H,41,42)/b28-18-. The number of rotatable bonds is 10. The van der Waals surface area contributed by atoms with Crippen LogP contribution in [0, 0.1) is 0 Å². The number of benzene rings is 4. The Balaban J connectivity index is 1.44. The number of carbonyl (C=O) groups is 4. The lowest BCUT2D eigenvalue weighted by molar-refractivity contribution is -0.115. The molecule has 218 valence electrons. The van der Waals surface area contributed by atoms with Gasteiger partial charge in [-0.1, -0.05) is 47.5 Å². The van der Waals surface area contributed by atoms with Crippen LogP contribution in [0.2, 0.25) is 10.0 Å². The lowest BCUT2D eigenvalue weighted by atomic mass is 10.1. The highest BCUT2D eigenvalue weighted by Crippen LogP contribution is 2.28. The molecule has 0 aliphatic heterocycles. The van der Waals surface area contributed by atoms with E-state index in [4.69, 9.17) is 28.3 Å². The Labute approximate surface area is 262 Å². The van der Waals surface area contributed by atoms with Crippen LogP contribution in [0.15, 0.2) is 108 Å². The van der Waals surface area contributed by atoms with E-state index in [9.17, 15) is 19.2 Å². The van der Waals surface area contributed by atoms with Gasteiger partial charge >= 0.3 is 5.97 Å². The van der Waals surface area contributed by atoms with Crippen molar-refractivity contribution in [1.29, 1.82) is 0 Å². The predicted octanol–water partition coefficient (Wildman–Crippen LogP) is 7.22. The third-order valence-electron chi connectivity index (χ3n) is 6.01. The minimum Gasteiger partial charge on any atom is -0.478 e. The molecule has 43 heavy (non-hydrogen) atoms. The number of halogens is 2. The van der Waals surface area contributed by atoms with Crippen molar-refractivity contribution in [2.45, 2.75) is 17.1 Å². The van der Waals surface area contributed by atoms with Crippen LogP contribution in [0.1, 0.15) is 33.2 Å². The lowest BCUT2D eigenvalue weighted by Crippen LogP contribution is -2.30. The first-order chi connectivity index (χ1) is 20.6. The fourth-order valence-electron chi connectivity index (χ4n) is 3.75. The van der Waals surface area contributed by atoms with Gasteiger partial charge in [-0.25, -0.2) is 4.79 Å². The number of anilines is 2. The van der Waals surface area contributed by atoms with Gasteiger partial charge in [0.05, 0.1) is 10.8 Å². The number of amides is 3. The summed E-state index contributed by atoms with van der Waals surface area (Å²) in [6.07, 6.45) is 1.42. The normalized spacial score (nSPS) is 11.7. The Morgan fingerprint density at radius 1 is 0.744 bits per heavy atom. The van der Waals surface area contributed by atoms with Gasteiger partial charge < -0.3 is 21.1 Å². The monoisotopic (exact) mass is 633 g/mol. The van der Waals surface area contributed by atoms with E-state index >= 15 is 0 Å². The van der Waals surface area contributed by atoms with E-state index in [0.29, 0.717) is 32.5 Å². The average Bonchev–Trinajstić information content (AvgIpc) is 3.00. The molecule has 11 heteroatoms. The van der Waals surface area contributed by atoms with Crippen LogP contribution >= 0.6 is 35.0 Å². The summed E-state index contributed by atoms with van der Waals surface area (Å²) in [7, 11) is 0. The van der Waals surface area contributed by atoms with Crippen LogP contribution in [0.3, 0.4) is 0 Å². The fraction of sp³-hybridized carbons (Fsp3) is 0.0625. The highest BCUT2D eigenvalue weighted by Gasteiger charge is 2.18. The van der Waals surface area contributed by atoms with E-state index < -0.39 is 23.0 Å². The Bertz CT molecular complexity index is 1660. The van der Waals surface area contributed by atoms with E-state index in [0.717, 1.165) is 4.90 Å². The van der Waals surface area contributed by atoms with Crippen molar-refractivity contribution in [3.8, 4) is 0 Å². The molecule has 8 nitrogen and oxygen atoms in total. The molecule has 0 aliphatic carbocycles. The third kappa shape index (κ3) is 8.71. The second kappa shape index (κ2) is 14.6. The van der Waals surface area contributed by atoms with Gasteiger partial charge in [0.1, 0.15) is 5.70 Å². The number of aromatic carboxylic acids is 1. The molecule has 3 amide bonds. The van der Waals surface area contributed by atoms with Crippen molar-refractivity contribution in [3.63, 3.8) is 0 Å². The molecule has 0 fully saturated rings. The molecule has 0 aliphatic rings. The Hall–Kier alpha value is -4.57. The molecule has 0 spiro atoms. The Morgan fingerprint density at radius 3 is 1.93 bits per heavy atom. The number of carbonyl (C=O) groups excluding carboxylic acids is 3. The first-order valence-corrected chi connectivity index (χ1v) is 14.5. The zero-order valence-electron chi connectivity index (χ0n) is 22.6. The molecule has 1 atom stereocenters. The van der Waals surface area contributed by atoms with E-state index in [1.165, 1.54) is 42.1 Å². The van der Waals surface area contributed by atoms with E-state index in [-0.39, 0.29) is 17.2 Å². The molecule has 0 saturated heterocycles. The molecule has 1 unspecified atom stereocenters. The molecule has 0 heterocycles. The first kappa shape index (κ1) is 31.4. The second-order valence-corrected chi connectivity index (χ2v) is 11.4. The van der Waals surface area contributed by atoms with E-state index in [1.54, 1.807) is 79.7 Å². The van der Waals surface area contributed by atoms with Crippen LogP contribution in [0.4, 0.5) is 11.4 Å². The van der Waals surface area contributed by atoms with Crippen molar-refractivity contribution in [1.82, 2.24) is 5.32 Å². The van der Waals surface area contributed by atoms with Crippen LogP contribution in [-0.2, 0) is 9.59 Å². The quantitative estimate of drug-likeness (QED) is 0.108. The van der Waals surface area contributed by atoms with Gasteiger partial charge in [-0.3, -0.25) is 14.4 Å². The summed E-state index contributed by atoms with van der Waals surface area (Å²) >= 11 is 13.9. The molecule has 4 aromatic rings. The average molecular weight is 635 g/mol. The molecule has 4 aromatic carbocycles. The summed E-state index contributed by atoms with van der Waals surface area (Å²) in [6.45, 7) is 1.74. The fourth-order valence-corrected chi connectivity index (χ4v) is 5.12. The predicted molar refractivity (Wildman–Crippen MR) is 171 cm³/mol. The van der Waals surface area contributed by atoms with Gasteiger partial charge in [0.25, 0.3) is 11.8 Å². The molecule has 0 saturated carbocycles. The first-order valence-electron chi connectivity index (χ1n) is 12.8.